The summed E-state index contributed by atoms with van der Waals surface area (Å²) in [4.78, 5) is 25.4. The van der Waals surface area contributed by atoms with Gasteiger partial charge in [0.1, 0.15) is 6.04 Å². The van der Waals surface area contributed by atoms with Crippen LogP contribution >= 0.6 is 0 Å². The van der Waals surface area contributed by atoms with Crippen molar-refractivity contribution in [1.29, 1.82) is 0 Å². The Kier molecular flexibility index (Phi) is 7.30. The van der Waals surface area contributed by atoms with Gasteiger partial charge in [0.25, 0.3) is 0 Å². The van der Waals surface area contributed by atoms with E-state index < -0.39 is 35.6 Å². The van der Waals surface area contributed by atoms with Crippen LogP contribution in [0.5, 0.6) is 0 Å². The summed E-state index contributed by atoms with van der Waals surface area (Å²) in [6.07, 6.45) is -4.63. The number of carbonyl (C=O) groups excluding carboxylic acids is 2. The van der Waals surface area contributed by atoms with Gasteiger partial charge < -0.3 is 10.1 Å². The highest BCUT2D eigenvalue weighted by Crippen LogP contribution is 2.30. The minimum Gasteiger partial charge on any atom is -0.467 e. The summed E-state index contributed by atoms with van der Waals surface area (Å²) in [5.41, 5.74) is 1.23. The molecule has 1 atom stereocenters. The molecule has 4 nitrogen and oxygen atoms in total. The molecule has 0 saturated carbocycles. The molecule has 0 aromatic heterocycles. The fourth-order valence-electron chi connectivity index (χ4n) is 3.52. The first-order valence-electron chi connectivity index (χ1n) is 9.93. The number of ether oxygens (including phenoxy) is 1. The van der Waals surface area contributed by atoms with Crippen molar-refractivity contribution in [3.8, 4) is 0 Å². The topological polar surface area (TPSA) is 55.4 Å². The minimum absolute atomic E-state index is 0.179. The van der Waals surface area contributed by atoms with E-state index >= 15 is 0 Å². The third-order valence-electron chi connectivity index (χ3n) is 5.07. The van der Waals surface area contributed by atoms with Crippen molar-refractivity contribution in [1.82, 2.24) is 5.32 Å². The summed E-state index contributed by atoms with van der Waals surface area (Å²) < 4.78 is 43.2. The maximum atomic E-state index is 12.8. The zero-order chi connectivity index (χ0) is 23.1. The van der Waals surface area contributed by atoms with Gasteiger partial charge in [0.2, 0.25) is 5.91 Å². The SMILES string of the molecule is COC(=O)[C@@H](NC(=O)Cc1ccc(C(F)(F)F)cc1)C(c1ccccc1)c1ccccc1. The molecule has 3 rings (SSSR count). The second-order valence-corrected chi connectivity index (χ2v) is 7.24. The standard InChI is InChI=1S/C25H22F3NO3/c1-32-24(31)23(22(18-8-4-2-5-9-18)19-10-6-3-7-11-19)29-21(30)16-17-12-14-20(15-13-17)25(26,27)28/h2-15,22-23H,16H2,1H3,(H,29,30)/t23-/m0/s1. The number of rotatable bonds is 7. The van der Waals surface area contributed by atoms with Gasteiger partial charge in [-0.2, -0.15) is 13.2 Å². The zero-order valence-corrected chi connectivity index (χ0v) is 17.3. The van der Waals surface area contributed by atoms with Crippen molar-refractivity contribution in [3.63, 3.8) is 0 Å². The molecule has 3 aromatic carbocycles. The number of nitrogens with one attached hydrogen (secondary N) is 1. The molecule has 0 aliphatic rings. The van der Waals surface area contributed by atoms with Crippen molar-refractivity contribution in [2.75, 3.05) is 7.11 Å². The van der Waals surface area contributed by atoms with Crippen molar-refractivity contribution in [2.24, 2.45) is 0 Å². The van der Waals surface area contributed by atoms with Crippen LogP contribution in [0.2, 0.25) is 0 Å². The number of halogens is 3. The monoisotopic (exact) mass is 441 g/mol. The third-order valence-corrected chi connectivity index (χ3v) is 5.07. The van der Waals surface area contributed by atoms with E-state index in [9.17, 15) is 22.8 Å². The predicted octanol–water partition coefficient (Wildman–Crippen LogP) is 4.74. The smallest absolute Gasteiger partial charge is 0.416 e. The lowest BCUT2D eigenvalue weighted by atomic mass is 9.85. The molecule has 1 N–H and O–H groups in total. The molecule has 0 aliphatic carbocycles. The summed E-state index contributed by atoms with van der Waals surface area (Å²) in [6.45, 7) is 0. The second-order valence-electron chi connectivity index (χ2n) is 7.24. The van der Waals surface area contributed by atoms with Crippen LogP contribution in [-0.2, 0) is 26.9 Å². The first-order chi connectivity index (χ1) is 15.3. The molecule has 0 aliphatic heterocycles. The van der Waals surface area contributed by atoms with E-state index in [4.69, 9.17) is 4.74 Å². The lowest BCUT2D eigenvalue weighted by Crippen LogP contribution is -2.46. The number of hydrogen-bond donors (Lipinski definition) is 1. The van der Waals surface area contributed by atoms with E-state index in [2.05, 4.69) is 5.32 Å². The summed E-state index contributed by atoms with van der Waals surface area (Å²) in [5.74, 6) is -1.64. The van der Waals surface area contributed by atoms with E-state index in [-0.39, 0.29) is 6.42 Å². The van der Waals surface area contributed by atoms with Gasteiger partial charge in [-0.1, -0.05) is 72.8 Å². The molecule has 0 spiro atoms. The highest BCUT2D eigenvalue weighted by Gasteiger charge is 2.33. The summed E-state index contributed by atoms with van der Waals surface area (Å²) in [6, 6.07) is 21.8. The lowest BCUT2D eigenvalue weighted by molar-refractivity contribution is -0.145. The molecule has 0 unspecified atom stereocenters. The zero-order valence-electron chi connectivity index (χ0n) is 17.3. The van der Waals surface area contributed by atoms with Crippen LogP contribution < -0.4 is 5.32 Å². The number of benzene rings is 3. The number of amides is 1. The largest absolute Gasteiger partial charge is 0.467 e. The maximum Gasteiger partial charge on any atom is 0.416 e. The molecule has 1 amide bonds. The fourth-order valence-corrected chi connectivity index (χ4v) is 3.52. The molecule has 32 heavy (non-hydrogen) atoms. The van der Waals surface area contributed by atoms with Crippen molar-refractivity contribution >= 4 is 11.9 Å². The summed E-state index contributed by atoms with van der Waals surface area (Å²) in [5, 5.41) is 2.72. The Morgan fingerprint density at radius 3 is 1.78 bits per heavy atom. The Bertz CT molecular complexity index is 996. The molecule has 0 fully saturated rings. The highest BCUT2D eigenvalue weighted by molar-refractivity contribution is 5.87. The van der Waals surface area contributed by atoms with Crippen LogP contribution in [0.3, 0.4) is 0 Å². The Morgan fingerprint density at radius 1 is 0.844 bits per heavy atom. The van der Waals surface area contributed by atoms with Gasteiger partial charge in [-0.05, 0) is 28.8 Å². The number of esters is 1. The van der Waals surface area contributed by atoms with Gasteiger partial charge in [-0.3, -0.25) is 4.79 Å². The van der Waals surface area contributed by atoms with E-state index in [1.54, 1.807) is 0 Å². The lowest BCUT2D eigenvalue weighted by Gasteiger charge is -2.27. The normalized spacial score (nSPS) is 12.3. The molecule has 0 heterocycles. The van der Waals surface area contributed by atoms with Gasteiger partial charge in [0, 0.05) is 5.92 Å². The predicted molar refractivity (Wildman–Crippen MR) is 114 cm³/mol. The maximum absolute atomic E-state index is 12.8. The highest BCUT2D eigenvalue weighted by atomic mass is 19.4. The molecule has 166 valence electrons. The fraction of sp³-hybridized carbons (Fsp3) is 0.200. The van der Waals surface area contributed by atoms with Crippen LogP contribution in [0.15, 0.2) is 84.9 Å². The molecule has 3 aromatic rings. The number of carbonyl (C=O) groups is 2. The quantitative estimate of drug-likeness (QED) is 0.539. The van der Waals surface area contributed by atoms with E-state index in [0.717, 1.165) is 23.3 Å². The molecule has 7 heteroatoms. The molecule has 0 radical (unpaired) electrons. The Balaban J connectivity index is 1.86. The van der Waals surface area contributed by atoms with Crippen LogP contribution in [0.4, 0.5) is 13.2 Å². The van der Waals surface area contributed by atoms with Crippen LogP contribution in [0.1, 0.15) is 28.2 Å². The molecular formula is C25H22F3NO3. The van der Waals surface area contributed by atoms with Gasteiger partial charge in [0.15, 0.2) is 0 Å². The second kappa shape index (κ2) is 10.1. The summed E-state index contributed by atoms with van der Waals surface area (Å²) >= 11 is 0. The Morgan fingerprint density at radius 2 is 1.34 bits per heavy atom. The van der Waals surface area contributed by atoms with Gasteiger partial charge >= 0.3 is 12.1 Å². The van der Waals surface area contributed by atoms with Gasteiger partial charge in [-0.15, -0.1) is 0 Å². The summed E-state index contributed by atoms with van der Waals surface area (Å²) in [7, 11) is 1.24. The van der Waals surface area contributed by atoms with Crippen molar-refractivity contribution < 1.29 is 27.5 Å². The Hall–Kier alpha value is -3.61. The first-order valence-corrected chi connectivity index (χ1v) is 9.93. The molecular weight excluding hydrogens is 419 g/mol. The van der Waals surface area contributed by atoms with E-state index in [1.165, 1.54) is 19.2 Å². The van der Waals surface area contributed by atoms with Gasteiger partial charge in [0.05, 0.1) is 19.1 Å². The number of hydrogen-bond acceptors (Lipinski definition) is 3. The van der Waals surface area contributed by atoms with Gasteiger partial charge in [-0.25, -0.2) is 4.79 Å². The minimum atomic E-state index is -4.45. The Labute approximate surface area is 184 Å². The number of methoxy groups -OCH3 is 1. The molecule has 0 saturated heterocycles. The first kappa shape index (κ1) is 23.1. The van der Waals surface area contributed by atoms with Crippen molar-refractivity contribution in [2.45, 2.75) is 24.6 Å². The van der Waals surface area contributed by atoms with Crippen LogP contribution in [-0.4, -0.2) is 25.0 Å². The van der Waals surface area contributed by atoms with Crippen molar-refractivity contribution in [3.05, 3.63) is 107 Å². The van der Waals surface area contributed by atoms with Crippen LogP contribution in [0, 0.1) is 0 Å². The average Bonchev–Trinajstić information content (AvgIpc) is 2.79. The number of alkyl halides is 3. The van der Waals surface area contributed by atoms with E-state index in [0.29, 0.717) is 5.56 Å². The van der Waals surface area contributed by atoms with E-state index in [1.807, 2.05) is 60.7 Å². The molecule has 0 bridgehead atoms. The van der Waals surface area contributed by atoms with Crippen LogP contribution in [0.25, 0.3) is 0 Å². The third kappa shape index (κ3) is 5.75. The average molecular weight is 441 g/mol.